The van der Waals surface area contributed by atoms with E-state index in [0.717, 1.165) is 24.4 Å². The Hall–Kier alpha value is -2.31. The Morgan fingerprint density at radius 3 is 2.28 bits per heavy atom. The summed E-state index contributed by atoms with van der Waals surface area (Å²) >= 11 is 0. The van der Waals surface area contributed by atoms with Gasteiger partial charge in [-0.25, -0.2) is 9.78 Å². The second kappa shape index (κ2) is 7.72. The number of rotatable bonds is 1. The first-order valence-corrected chi connectivity index (χ1v) is 8.12. The fourth-order valence-corrected chi connectivity index (χ4v) is 2.83. The molecule has 0 radical (unpaired) electrons. The highest BCUT2D eigenvalue weighted by molar-refractivity contribution is 5.86. The van der Waals surface area contributed by atoms with Crippen LogP contribution in [0.5, 0.6) is 0 Å². The van der Waals surface area contributed by atoms with Gasteiger partial charge in [0.1, 0.15) is 5.82 Å². The fourth-order valence-electron chi connectivity index (χ4n) is 2.83. The number of para-hydroxylation sites is 1. The number of hydrogen-bond acceptors (Lipinski definition) is 3. The van der Waals surface area contributed by atoms with Crippen LogP contribution in [0.4, 0.5) is 19.0 Å². The number of halogens is 3. The van der Waals surface area contributed by atoms with Crippen molar-refractivity contribution < 1.29 is 23.1 Å². The molecule has 0 aliphatic carbocycles. The summed E-state index contributed by atoms with van der Waals surface area (Å²) in [5.41, 5.74) is 3.77. The summed E-state index contributed by atoms with van der Waals surface area (Å²) in [6, 6.07) is 8.68. The fraction of sp³-hybridized carbons (Fsp3) is 0.444. The minimum Gasteiger partial charge on any atom is -0.475 e. The minimum absolute atomic E-state index is 1.16. The Morgan fingerprint density at radius 2 is 1.72 bits per heavy atom. The number of fused-ring (bicyclic) bond motifs is 1. The number of carboxylic acid groups (broad SMARTS) is 1. The molecular formula is C18H21F3N2O2. The van der Waals surface area contributed by atoms with Crippen LogP contribution in [0, 0.1) is 13.8 Å². The van der Waals surface area contributed by atoms with Gasteiger partial charge >= 0.3 is 12.1 Å². The molecule has 0 spiro atoms. The van der Waals surface area contributed by atoms with Gasteiger partial charge in [0.05, 0.1) is 5.52 Å². The van der Waals surface area contributed by atoms with Crippen LogP contribution in [-0.4, -0.2) is 35.3 Å². The number of hydrogen-bond donors (Lipinski definition) is 1. The lowest BCUT2D eigenvalue weighted by atomic mass is 10.1. The molecule has 1 saturated heterocycles. The van der Waals surface area contributed by atoms with Crippen molar-refractivity contribution in [3.8, 4) is 0 Å². The molecule has 3 rings (SSSR count). The molecule has 4 nitrogen and oxygen atoms in total. The molecule has 1 fully saturated rings. The topological polar surface area (TPSA) is 53.4 Å². The van der Waals surface area contributed by atoms with Crippen molar-refractivity contribution in [2.24, 2.45) is 0 Å². The van der Waals surface area contributed by atoms with Crippen molar-refractivity contribution in [1.82, 2.24) is 4.98 Å². The standard InChI is InChI=1S/C16H20N2.C2HF3O2/c1-12-7-6-8-14-13(2)11-15(17-16(12)14)18-9-4-3-5-10-18;3-2(4,5)1(6)7/h6-8,11H,3-5,9-10H2,1-2H3;(H,6,7). The van der Waals surface area contributed by atoms with Gasteiger partial charge in [0.25, 0.3) is 0 Å². The number of carboxylic acids is 1. The predicted octanol–water partition coefficient (Wildman–Crippen LogP) is 4.48. The molecule has 7 heteroatoms. The highest BCUT2D eigenvalue weighted by Gasteiger charge is 2.38. The number of aryl methyl sites for hydroxylation is 2. The molecule has 0 saturated carbocycles. The Kier molecular flexibility index (Phi) is 5.87. The third-order valence-electron chi connectivity index (χ3n) is 4.16. The molecule has 0 amide bonds. The monoisotopic (exact) mass is 354 g/mol. The summed E-state index contributed by atoms with van der Waals surface area (Å²) in [6.45, 7) is 6.65. The van der Waals surface area contributed by atoms with E-state index in [9.17, 15) is 13.2 Å². The summed E-state index contributed by atoms with van der Waals surface area (Å²) in [5, 5.41) is 8.41. The van der Waals surface area contributed by atoms with Gasteiger partial charge in [-0.2, -0.15) is 13.2 Å². The molecule has 2 heterocycles. The van der Waals surface area contributed by atoms with Crippen LogP contribution in [0.25, 0.3) is 10.9 Å². The summed E-state index contributed by atoms with van der Waals surface area (Å²) in [6.07, 6.45) is -1.12. The first-order valence-electron chi connectivity index (χ1n) is 8.12. The Morgan fingerprint density at radius 1 is 1.12 bits per heavy atom. The van der Waals surface area contributed by atoms with E-state index in [2.05, 4.69) is 43.0 Å². The van der Waals surface area contributed by atoms with Crippen LogP contribution >= 0.6 is 0 Å². The van der Waals surface area contributed by atoms with Gasteiger partial charge in [-0.05, 0) is 50.3 Å². The van der Waals surface area contributed by atoms with Gasteiger partial charge in [-0.1, -0.05) is 18.2 Å². The summed E-state index contributed by atoms with van der Waals surface area (Å²) < 4.78 is 31.7. The van der Waals surface area contributed by atoms with E-state index in [-0.39, 0.29) is 0 Å². The maximum absolute atomic E-state index is 10.6. The van der Waals surface area contributed by atoms with Gasteiger partial charge in [-0.15, -0.1) is 0 Å². The Labute approximate surface area is 144 Å². The van der Waals surface area contributed by atoms with E-state index in [1.54, 1.807) is 0 Å². The normalized spacial score (nSPS) is 14.8. The minimum atomic E-state index is -5.08. The number of piperidine rings is 1. The zero-order chi connectivity index (χ0) is 18.6. The van der Waals surface area contributed by atoms with E-state index in [1.807, 2.05) is 0 Å². The Balaban J connectivity index is 0.000000277. The van der Waals surface area contributed by atoms with Crippen LogP contribution in [0.2, 0.25) is 0 Å². The molecule has 1 N–H and O–H groups in total. The average Bonchev–Trinajstić information content (AvgIpc) is 2.56. The van der Waals surface area contributed by atoms with Gasteiger partial charge in [0.15, 0.2) is 0 Å². The number of aromatic nitrogens is 1. The molecule has 1 aromatic heterocycles. The molecular weight excluding hydrogens is 333 g/mol. The van der Waals surface area contributed by atoms with Crippen molar-refractivity contribution in [3.05, 3.63) is 35.4 Å². The molecule has 25 heavy (non-hydrogen) atoms. The smallest absolute Gasteiger partial charge is 0.475 e. The zero-order valence-corrected chi connectivity index (χ0v) is 14.2. The average molecular weight is 354 g/mol. The predicted molar refractivity (Wildman–Crippen MR) is 91.0 cm³/mol. The molecule has 0 atom stereocenters. The summed E-state index contributed by atoms with van der Waals surface area (Å²) in [5.74, 6) is -1.60. The van der Waals surface area contributed by atoms with Crippen LogP contribution in [0.3, 0.4) is 0 Å². The summed E-state index contributed by atoms with van der Waals surface area (Å²) in [4.78, 5) is 16.2. The summed E-state index contributed by atoms with van der Waals surface area (Å²) in [7, 11) is 0. The Bertz CT molecular complexity index is 754. The number of aliphatic carboxylic acids is 1. The number of alkyl halides is 3. The van der Waals surface area contributed by atoms with Crippen molar-refractivity contribution >= 4 is 22.7 Å². The first-order chi connectivity index (χ1) is 11.7. The van der Waals surface area contributed by atoms with Crippen molar-refractivity contribution in [2.75, 3.05) is 18.0 Å². The lowest BCUT2D eigenvalue weighted by Gasteiger charge is -2.28. The molecule has 0 unspecified atom stereocenters. The third-order valence-corrected chi connectivity index (χ3v) is 4.16. The molecule has 1 aliphatic rings. The molecule has 136 valence electrons. The van der Waals surface area contributed by atoms with E-state index in [0.29, 0.717) is 0 Å². The highest BCUT2D eigenvalue weighted by Crippen LogP contribution is 2.26. The van der Waals surface area contributed by atoms with Crippen LogP contribution in [-0.2, 0) is 4.79 Å². The van der Waals surface area contributed by atoms with Crippen molar-refractivity contribution in [3.63, 3.8) is 0 Å². The largest absolute Gasteiger partial charge is 0.490 e. The van der Waals surface area contributed by atoms with E-state index >= 15 is 0 Å². The second-order valence-electron chi connectivity index (χ2n) is 6.12. The number of anilines is 1. The van der Waals surface area contributed by atoms with E-state index < -0.39 is 12.1 Å². The van der Waals surface area contributed by atoms with Crippen molar-refractivity contribution in [2.45, 2.75) is 39.3 Å². The van der Waals surface area contributed by atoms with Crippen LogP contribution in [0.1, 0.15) is 30.4 Å². The molecule has 0 bridgehead atoms. The van der Waals surface area contributed by atoms with Crippen LogP contribution in [0.15, 0.2) is 24.3 Å². The van der Waals surface area contributed by atoms with E-state index in [4.69, 9.17) is 14.9 Å². The highest BCUT2D eigenvalue weighted by atomic mass is 19.4. The third kappa shape index (κ3) is 4.84. The molecule has 1 aliphatic heterocycles. The van der Waals surface area contributed by atoms with Crippen LogP contribution < -0.4 is 4.90 Å². The zero-order valence-electron chi connectivity index (χ0n) is 14.2. The van der Waals surface area contributed by atoms with Gasteiger partial charge in [0.2, 0.25) is 0 Å². The quantitative estimate of drug-likeness (QED) is 0.821. The number of benzene rings is 1. The lowest BCUT2D eigenvalue weighted by Crippen LogP contribution is -2.30. The maximum Gasteiger partial charge on any atom is 0.490 e. The number of nitrogens with zero attached hydrogens (tertiary/aromatic N) is 2. The van der Waals surface area contributed by atoms with Gasteiger partial charge < -0.3 is 10.0 Å². The van der Waals surface area contributed by atoms with Gasteiger partial charge in [-0.3, -0.25) is 0 Å². The molecule has 2 aromatic rings. The maximum atomic E-state index is 10.6. The van der Waals surface area contributed by atoms with E-state index in [1.165, 1.54) is 35.8 Å². The molecule has 1 aromatic carbocycles. The first kappa shape index (κ1) is 19.0. The van der Waals surface area contributed by atoms with Crippen molar-refractivity contribution in [1.29, 1.82) is 0 Å². The second-order valence-corrected chi connectivity index (χ2v) is 6.12. The SMILES string of the molecule is Cc1cc(N2CCCCC2)nc2c(C)cccc12.O=C(O)C(F)(F)F. The van der Waals surface area contributed by atoms with Gasteiger partial charge in [0, 0.05) is 18.5 Å². The lowest BCUT2D eigenvalue weighted by molar-refractivity contribution is -0.192. The number of carbonyl (C=O) groups is 1. The number of pyridine rings is 1.